The number of hydrogen-bond donors (Lipinski definition) is 1. The van der Waals surface area contributed by atoms with Crippen molar-refractivity contribution in [2.24, 2.45) is 0 Å². The number of benzene rings is 2. The summed E-state index contributed by atoms with van der Waals surface area (Å²) in [5.41, 5.74) is 2.15. The van der Waals surface area contributed by atoms with E-state index in [4.69, 9.17) is 9.84 Å². The van der Waals surface area contributed by atoms with Crippen LogP contribution in [0.3, 0.4) is 0 Å². The van der Waals surface area contributed by atoms with Gasteiger partial charge in [-0.1, -0.05) is 42.5 Å². The van der Waals surface area contributed by atoms with E-state index in [1.54, 1.807) is 11.3 Å². The zero-order chi connectivity index (χ0) is 16.8. The summed E-state index contributed by atoms with van der Waals surface area (Å²) in [6.45, 7) is 0.423. The Labute approximate surface area is 144 Å². The van der Waals surface area contributed by atoms with E-state index < -0.39 is 5.97 Å². The number of carboxylic acids is 1. The van der Waals surface area contributed by atoms with Crippen molar-refractivity contribution in [2.75, 3.05) is 0 Å². The Hall–Kier alpha value is -2.66. The lowest BCUT2D eigenvalue weighted by Gasteiger charge is -2.05. The van der Waals surface area contributed by atoms with E-state index in [0.29, 0.717) is 13.0 Å². The van der Waals surface area contributed by atoms with Crippen molar-refractivity contribution in [3.8, 4) is 16.2 Å². The van der Waals surface area contributed by atoms with Gasteiger partial charge in [-0.25, -0.2) is 4.98 Å². The molecule has 0 fully saturated rings. The molecule has 24 heavy (non-hydrogen) atoms. The van der Waals surface area contributed by atoms with Gasteiger partial charge in [-0.2, -0.15) is 0 Å². The molecule has 0 unspecified atom stereocenters. The molecule has 122 valence electrons. The number of aromatic nitrogens is 1. The topological polar surface area (TPSA) is 59.4 Å². The molecule has 3 aromatic rings. The van der Waals surface area contributed by atoms with Crippen LogP contribution in [0.15, 0.2) is 60.8 Å². The largest absolute Gasteiger partial charge is 0.486 e. The van der Waals surface area contributed by atoms with E-state index in [1.165, 1.54) is 0 Å². The van der Waals surface area contributed by atoms with Crippen LogP contribution in [0.5, 0.6) is 5.75 Å². The molecular formula is C19H17NO3S. The Balaban J connectivity index is 1.56. The molecule has 0 aliphatic rings. The van der Waals surface area contributed by atoms with E-state index in [1.807, 2.05) is 48.7 Å². The number of carbonyl (C=O) groups is 1. The van der Waals surface area contributed by atoms with Gasteiger partial charge in [0.2, 0.25) is 0 Å². The van der Waals surface area contributed by atoms with Crippen molar-refractivity contribution in [1.82, 2.24) is 4.98 Å². The SMILES string of the molecule is O=C(O)CCc1ccc(OCc2ncc(-c3ccccc3)s2)cc1. The molecular weight excluding hydrogens is 322 g/mol. The summed E-state index contributed by atoms with van der Waals surface area (Å²) in [4.78, 5) is 16.1. The van der Waals surface area contributed by atoms with E-state index in [9.17, 15) is 4.79 Å². The third-order valence-corrected chi connectivity index (χ3v) is 4.54. The second-order valence-electron chi connectivity index (χ2n) is 5.31. The predicted octanol–water partition coefficient (Wildman–Crippen LogP) is 4.41. The van der Waals surface area contributed by atoms with Gasteiger partial charge in [0, 0.05) is 12.6 Å². The minimum Gasteiger partial charge on any atom is -0.486 e. The van der Waals surface area contributed by atoms with Crippen LogP contribution in [0.25, 0.3) is 10.4 Å². The molecule has 2 aromatic carbocycles. The lowest BCUT2D eigenvalue weighted by Crippen LogP contribution is -1.98. The van der Waals surface area contributed by atoms with Crippen LogP contribution in [-0.4, -0.2) is 16.1 Å². The molecule has 0 radical (unpaired) electrons. The van der Waals surface area contributed by atoms with E-state index in [0.717, 1.165) is 26.8 Å². The minimum atomic E-state index is -0.784. The predicted molar refractivity (Wildman–Crippen MR) is 94.3 cm³/mol. The summed E-state index contributed by atoms with van der Waals surface area (Å²) in [5.74, 6) is -0.0288. The molecule has 1 heterocycles. The van der Waals surface area contributed by atoms with Crippen molar-refractivity contribution in [1.29, 1.82) is 0 Å². The van der Waals surface area contributed by atoms with Crippen LogP contribution in [0.2, 0.25) is 0 Å². The van der Waals surface area contributed by atoms with Crippen LogP contribution in [0, 0.1) is 0 Å². The Morgan fingerprint density at radius 3 is 2.54 bits per heavy atom. The number of thiazole rings is 1. The summed E-state index contributed by atoms with van der Waals surface area (Å²) in [7, 11) is 0. The Kier molecular flexibility index (Phi) is 5.23. The number of aliphatic carboxylic acids is 1. The number of aryl methyl sites for hydroxylation is 1. The van der Waals surface area contributed by atoms with Crippen molar-refractivity contribution in [3.63, 3.8) is 0 Å². The Bertz CT molecular complexity index is 797. The van der Waals surface area contributed by atoms with Crippen molar-refractivity contribution >= 4 is 17.3 Å². The van der Waals surface area contributed by atoms with Gasteiger partial charge in [0.15, 0.2) is 0 Å². The fourth-order valence-corrected chi connectivity index (χ4v) is 3.10. The van der Waals surface area contributed by atoms with Crippen LogP contribution >= 0.6 is 11.3 Å². The highest BCUT2D eigenvalue weighted by Crippen LogP contribution is 2.26. The highest BCUT2D eigenvalue weighted by molar-refractivity contribution is 7.15. The quantitative estimate of drug-likeness (QED) is 0.693. The molecule has 0 spiro atoms. The van der Waals surface area contributed by atoms with Crippen molar-refractivity contribution in [3.05, 3.63) is 71.4 Å². The molecule has 1 N–H and O–H groups in total. The normalized spacial score (nSPS) is 10.5. The van der Waals surface area contributed by atoms with Crippen molar-refractivity contribution in [2.45, 2.75) is 19.4 Å². The third-order valence-electron chi connectivity index (χ3n) is 3.53. The highest BCUT2D eigenvalue weighted by Gasteiger charge is 2.05. The van der Waals surface area contributed by atoms with Crippen LogP contribution in [0.1, 0.15) is 17.0 Å². The molecule has 0 aliphatic carbocycles. The monoisotopic (exact) mass is 339 g/mol. The summed E-state index contributed by atoms with van der Waals surface area (Å²) < 4.78 is 5.75. The van der Waals surface area contributed by atoms with E-state index in [-0.39, 0.29) is 6.42 Å². The number of carboxylic acid groups (broad SMARTS) is 1. The maximum absolute atomic E-state index is 10.6. The molecule has 4 nitrogen and oxygen atoms in total. The Morgan fingerprint density at radius 2 is 1.83 bits per heavy atom. The molecule has 0 saturated heterocycles. The molecule has 0 atom stereocenters. The standard InChI is InChI=1S/C19H17NO3S/c21-19(22)11-8-14-6-9-16(10-7-14)23-13-18-20-12-17(24-18)15-4-2-1-3-5-15/h1-7,9-10,12H,8,11,13H2,(H,21,22). The number of rotatable bonds is 7. The number of hydrogen-bond acceptors (Lipinski definition) is 4. The molecule has 0 saturated carbocycles. The summed E-state index contributed by atoms with van der Waals surface area (Å²) in [5, 5.41) is 9.61. The zero-order valence-corrected chi connectivity index (χ0v) is 13.8. The summed E-state index contributed by atoms with van der Waals surface area (Å²) >= 11 is 1.62. The fourth-order valence-electron chi connectivity index (χ4n) is 2.26. The Morgan fingerprint density at radius 1 is 1.08 bits per heavy atom. The van der Waals surface area contributed by atoms with Crippen LogP contribution in [0.4, 0.5) is 0 Å². The first-order valence-electron chi connectivity index (χ1n) is 7.64. The third kappa shape index (κ3) is 4.43. The second kappa shape index (κ2) is 7.75. The smallest absolute Gasteiger partial charge is 0.303 e. The average Bonchev–Trinajstić information content (AvgIpc) is 3.09. The maximum atomic E-state index is 10.6. The van der Waals surface area contributed by atoms with Gasteiger partial charge in [-0.15, -0.1) is 11.3 Å². The summed E-state index contributed by atoms with van der Waals surface area (Å²) in [6, 6.07) is 17.7. The minimum absolute atomic E-state index is 0.140. The molecule has 0 bridgehead atoms. The first kappa shape index (κ1) is 16.2. The van der Waals surface area contributed by atoms with Gasteiger partial charge in [0.05, 0.1) is 4.88 Å². The molecule has 0 aliphatic heterocycles. The van der Waals surface area contributed by atoms with E-state index >= 15 is 0 Å². The van der Waals surface area contributed by atoms with Crippen LogP contribution in [-0.2, 0) is 17.8 Å². The van der Waals surface area contributed by atoms with Gasteiger partial charge in [0.1, 0.15) is 17.4 Å². The number of ether oxygens (including phenoxy) is 1. The van der Waals surface area contributed by atoms with Gasteiger partial charge in [-0.3, -0.25) is 4.79 Å². The highest BCUT2D eigenvalue weighted by atomic mass is 32.1. The summed E-state index contributed by atoms with van der Waals surface area (Å²) in [6.07, 6.45) is 2.54. The molecule has 5 heteroatoms. The molecule has 1 aromatic heterocycles. The molecule has 0 amide bonds. The van der Waals surface area contributed by atoms with Gasteiger partial charge >= 0.3 is 5.97 Å². The lowest BCUT2D eigenvalue weighted by molar-refractivity contribution is -0.136. The number of nitrogens with zero attached hydrogens (tertiary/aromatic N) is 1. The average molecular weight is 339 g/mol. The second-order valence-corrected chi connectivity index (χ2v) is 6.43. The van der Waals surface area contributed by atoms with Gasteiger partial charge < -0.3 is 9.84 Å². The zero-order valence-electron chi connectivity index (χ0n) is 13.0. The molecule has 3 rings (SSSR count). The first-order valence-corrected chi connectivity index (χ1v) is 8.46. The lowest BCUT2D eigenvalue weighted by atomic mass is 10.1. The van der Waals surface area contributed by atoms with Gasteiger partial charge in [-0.05, 0) is 29.7 Å². The van der Waals surface area contributed by atoms with E-state index in [2.05, 4.69) is 17.1 Å². The maximum Gasteiger partial charge on any atom is 0.303 e. The van der Waals surface area contributed by atoms with Crippen LogP contribution < -0.4 is 4.74 Å². The van der Waals surface area contributed by atoms with Gasteiger partial charge in [0.25, 0.3) is 0 Å². The van der Waals surface area contributed by atoms with Crippen molar-refractivity contribution < 1.29 is 14.6 Å². The first-order chi connectivity index (χ1) is 11.7. The fraction of sp³-hybridized carbons (Fsp3) is 0.158.